The molecule has 10 nitrogen and oxygen atoms in total. The lowest BCUT2D eigenvalue weighted by molar-refractivity contribution is -0.0441. The third-order valence-corrected chi connectivity index (χ3v) is 8.78. The maximum absolute atomic E-state index is 14.2. The molecule has 11 heteroatoms. The largest absolute Gasteiger partial charge is 0.385 e. The predicted octanol–water partition coefficient (Wildman–Crippen LogP) is 4.08. The van der Waals surface area contributed by atoms with E-state index in [1.54, 1.807) is 24.5 Å². The first-order valence-corrected chi connectivity index (χ1v) is 16.0. The number of nitrogens with one attached hydrogen (secondary N) is 2. The Kier molecular flexibility index (Phi) is 12.1. The van der Waals surface area contributed by atoms with Gasteiger partial charge >= 0.3 is 0 Å². The normalized spacial score (nSPS) is 18.5. The molecule has 2 fully saturated rings. The van der Waals surface area contributed by atoms with E-state index >= 15 is 0 Å². The van der Waals surface area contributed by atoms with E-state index in [0.717, 1.165) is 71.0 Å². The van der Waals surface area contributed by atoms with Crippen LogP contribution < -0.4 is 15.6 Å². The molecular formula is C32H52FN7O3. The van der Waals surface area contributed by atoms with Crippen molar-refractivity contribution in [2.24, 2.45) is 16.3 Å². The third kappa shape index (κ3) is 8.61. The van der Waals surface area contributed by atoms with Crippen LogP contribution in [0.15, 0.2) is 35.2 Å². The summed E-state index contributed by atoms with van der Waals surface area (Å²) in [5.74, 6) is 1.00. The lowest BCUT2D eigenvalue weighted by Crippen LogP contribution is -2.61. The Hall–Kier alpha value is -2.89. The summed E-state index contributed by atoms with van der Waals surface area (Å²) >= 11 is 0. The number of ether oxygens (including phenoxy) is 1. The summed E-state index contributed by atoms with van der Waals surface area (Å²) in [6.45, 7) is 16.8. The number of amides is 1. The minimum Gasteiger partial charge on any atom is -0.385 e. The van der Waals surface area contributed by atoms with Gasteiger partial charge in [-0.05, 0) is 76.2 Å². The van der Waals surface area contributed by atoms with Gasteiger partial charge in [-0.1, -0.05) is 20.8 Å². The molecule has 4 rings (SSSR count). The smallest absolute Gasteiger partial charge is 0.257 e. The van der Waals surface area contributed by atoms with E-state index in [1.165, 1.54) is 36.2 Å². The first-order valence-electron chi connectivity index (χ1n) is 16.0. The molecule has 43 heavy (non-hydrogen) atoms. The number of carbonyl (C=O) groups excluding carboxylic acids is 1. The summed E-state index contributed by atoms with van der Waals surface area (Å²) in [4.78, 5) is 30.5. The highest BCUT2D eigenvalue weighted by molar-refractivity contribution is 5.97. The van der Waals surface area contributed by atoms with Crippen molar-refractivity contribution >= 4 is 12.2 Å². The Morgan fingerprint density at radius 1 is 1.21 bits per heavy atom. The second kappa shape index (κ2) is 15.7. The van der Waals surface area contributed by atoms with E-state index in [4.69, 9.17) is 9.57 Å². The van der Waals surface area contributed by atoms with Gasteiger partial charge in [0.15, 0.2) is 11.6 Å². The number of methoxy groups -OCH3 is 1. The van der Waals surface area contributed by atoms with E-state index in [2.05, 4.69) is 39.4 Å². The van der Waals surface area contributed by atoms with Crippen LogP contribution in [0.4, 0.5) is 4.39 Å². The van der Waals surface area contributed by atoms with Crippen LogP contribution in [-0.4, -0.2) is 104 Å². The molecule has 0 aliphatic carbocycles. The Morgan fingerprint density at radius 3 is 2.72 bits per heavy atom. The second-order valence-corrected chi connectivity index (χ2v) is 12.4. The third-order valence-electron chi connectivity index (χ3n) is 8.78. The summed E-state index contributed by atoms with van der Waals surface area (Å²) in [5, 5.41) is 4.99. The molecule has 2 saturated heterocycles. The molecule has 1 aromatic rings. The van der Waals surface area contributed by atoms with E-state index < -0.39 is 5.82 Å². The van der Waals surface area contributed by atoms with E-state index in [0.29, 0.717) is 25.0 Å². The lowest BCUT2D eigenvalue weighted by atomic mass is 9.76. The van der Waals surface area contributed by atoms with Gasteiger partial charge in [0.25, 0.3) is 5.91 Å². The van der Waals surface area contributed by atoms with Crippen molar-refractivity contribution in [1.29, 1.82) is 0 Å². The molecule has 1 amide bonds. The van der Waals surface area contributed by atoms with Crippen LogP contribution in [0.5, 0.6) is 5.75 Å². The molecule has 1 aromatic carbocycles. The van der Waals surface area contributed by atoms with Crippen LogP contribution in [0, 0.1) is 17.2 Å². The molecule has 1 atom stereocenters. The SMILES string of the molecule is COCCCNCCC[C@H](C(C)C)N1CC2(CCN(C3=CN(Oc4ccc(F)cc4C(=O)N(C[13CH3])CC[13CH3])NC=N3)C2)C1. The highest BCUT2D eigenvalue weighted by Gasteiger charge is 2.50. The van der Waals surface area contributed by atoms with Crippen molar-refractivity contribution in [1.82, 2.24) is 30.6 Å². The zero-order valence-electron chi connectivity index (χ0n) is 26.8. The predicted molar refractivity (Wildman–Crippen MR) is 168 cm³/mol. The van der Waals surface area contributed by atoms with Crippen molar-refractivity contribution < 1.29 is 18.8 Å². The van der Waals surface area contributed by atoms with Crippen molar-refractivity contribution in [3.63, 3.8) is 0 Å². The number of carbonyl (C=O) groups is 1. The molecule has 0 saturated carbocycles. The molecule has 0 bridgehead atoms. The van der Waals surface area contributed by atoms with E-state index in [-0.39, 0.29) is 22.6 Å². The maximum atomic E-state index is 14.2. The van der Waals surface area contributed by atoms with Gasteiger partial charge < -0.3 is 24.7 Å². The highest BCUT2D eigenvalue weighted by Crippen LogP contribution is 2.43. The zero-order valence-corrected chi connectivity index (χ0v) is 26.8. The number of hydrazine groups is 1. The topological polar surface area (TPSA) is 84.9 Å². The molecule has 0 aromatic heterocycles. The molecule has 1 spiro atoms. The van der Waals surface area contributed by atoms with Gasteiger partial charge in [-0.3, -0.25) is 15.1 Å². The second-order valence-electron chi connectivity index (χ2n) is 12.4. The first-order chi connectivity index (χ1) is 20.8. The number of rotatable bonds is 17. The fourth-order valence-electron chi connectivity index (χ4n) is 6.52. The minimum absolute atomic E-state index is 0.200. The number of halogens is 1. The standard InChI is InChI=1S/C32H52FN7O3/c1-6-16-37(7-2)31(41)27-19-26(33)11-12-29(27)43-40-20-30(35-24-36-40)38-17-13-32(21-38)22-39(23-32)28(25(3)4)10-8-14-34-15-9-18-42-5/h11-12,19-20,24-25,28,34H,6-10,13-18,21-23H2,1-5H3,(H,35,36)/t28-/m1/s1/i1+1,2+1. The van der Waals surface area contributed by atoms with Gasteiger partial charge in [-0.2, -0.15) is 0 Å². The van der Waals surface area contributed by atoms with E-state index in [9.17, 15) is 9.18 Å². The summed E-state index contributed by atoms with van der Waals surface area (Å²) in [5.41, 5.74) is 3.46. The average Bonchev–Trinajstić information content (AvgIpc) is 3.43. The molecule has 0 radical (unpaired) electrons. The number of nitrogens with zero attached hydrogens (tertiary/aromatic N) is 5. The summed E-state index contributed by atoms with van der Waals surface area (Å²) in [7, 11) is 1.75. The molecule has 0 unspecified atom stereocenters. The van der Waals surface area contributed by atoms with Gasteiger partial charge in [0.05, 0.1) is 5.56 Å². The Labute approximate surface area is 257 Å². The maximum Gasteiger partial charge on any atom is 0.257 e. The van der Waals surface area contributed by atoms with Crippen molar-refractivity contribution in [3.8, 4) is 5.75 Å². The van der Waals surface area contributed by atoms with Crippen LogP contribution in [0.3, 0.4) is 0 Å². The molecule has 3 aliphatic heterocycles. The van der Waals surface area contributed by atoms with E-state index in [1.807, 2.05) is 13.8 Å². The van der Waals surface area contributed by atoms with Gasteiger partial charge in [-0.15, -0.1) is 5.17 Å². The van der Waals surface area contributed by atoms with Crippen LogP contribution in [0.2, 0.25) is 0 Å². The number of benzene rings is 1. The Morgan fingerprint density at radius 2 is 2.00 bits per heavy atom. The lowest BCUT2D eigenvalue weighted by Gasteiger charge is -2.53. The van der Waals surface area contributed by atoms with Crippen molar-refractivity contribution in [3.05, 3.63) is 41.6 Å². The Bertz CT molecular complexity index is 1110. The molecular weight excluding hydrogens is 551 g/mol. The summed E-state index contributed by atoms with van der Waals surface area (Å²) in [6, 6.07) is 4.66. The molecule has 240 valence electrons. The number of likely N-dealkylation sites (tertiary alicyclic amines) is 2. The fourth-order valence-corrected chi connectivity index (χ4v) is 6.52. The summed E-state index contributed by atoms with van der Waals surface area (Å²) in [6.07, 6.45) is 8.80. The number of hydroxylamine groups is 1. The fraction of sp³-hybridized carbons (Fsp3) is 0.688. The number of hydrogen-bond donors (Lipinski definition) is 2. The summed E-state index contributed by atoms with van der Waals surface area (Å²) < 4.78 is 19.3. The monoisotopic (exact) mass is 603 g/mol. The number of aliphatic imine (C=N–C) groups is 1. The first kappa shape index (κ1) is 33.0. The van der Waals surface area contributed by atoms with Gasteiger partial charge in [0, 0.05) is 64.4 Å². The van der Waals surface area contributed by atoms with Crippen LogP contribution >= 0.6 is 0 Å². The van der Waals surface area contributed by atoms with Gasteiger partial charge in [0.2, 0.25) is 0 Å². The minimum atomic E-state index is -0.473. The molecule has 3 heterocycles. The Balaban J connectivity index is 1.32. The van der Waals surface area contributed by atoms with Gasteiger partial charge in [-0.25, -0.2) is 9.38 Å². The van der Waals surface area contributed by atoms with Crippen molar-refractivity contribution in [2.45, 2.75) is 65.8 Å². The molecule has 3 aliphatic rings. The average molecular weight is 604 g/mol. The van der Waals surface area contributed by atoms with Crippen molar-refractivity contribution in [2.75, 3.05) is 66.1 Å². The van der Waals surface area contributed by atoms with Crippen LogP contribution in [-0.2, 0) is 4.74 Å². The van der Waals surface area contributed by atoms with Crippen LogP contribution in [0.1, 0.15) is 70.2 Å². The van der Waals surface area contributed by atoms with Gasteiger partial charge in [0.1, 0.15) is 18.4 Å². The zero-order chi connectivity index (χ0) is 30.8. The highest BCUT2D eigenvalue weighted by atomic mass is 19.1. The quantitative estimate of drug-likeness (QED) is 0.204. The number of hydrogen-bond acceptors (Lipinski definition) is 9. The molecule has 2 N–H and O–H groups in total. The van der Waals surface area contributed by atoms with Crippen LogP contribution in [0.25, 0.3) is 0 Å².